The van der Waals surface area contributed by atoms with Gasteiger partial charge < -0.3 is 9.64 Å². The summed E-state index contributed by atoms with van der Waals surface area (Å²) in [6.07, 6.45) is 0. The second kappa shape index (κ2) is 6.52. The van der Waals surface area contributed by atoms with Gasteiger partial charge in [0, 0.05) is 13.1 Å². The van der Waals surface area contributed by atoms with Crippen molar-refractivity contribution >= 4 is 17.5 Å². The Hall–Kier alpha value is -1.88. The van der Waals surface area contributed by atoms with Crippen molar-refractivity contribution in [2.45, 2.75) is 20.8 Å². The van der Waals surface area contributed by atoms with E-state index in [0.717, 1.165) is 18.7 Å². The van der Waals surface area contributed by atoms with Crippen LogP contribution >= 0.6 is 11.6 Å². The molecule has 0 saturated heterocycles. The van der Waals surface area contributed by atoms with E-state index >= 15 is 0 Å². The molecule has 1 heterocycles. The van der Waals surface area contributed by atoms with E-state index in [9.17, 15) is 0 Å². The van der Waals surface area contributed by atoms with Crippen molar-refractivity contribution in [1.29, 1.82) is 0 Å². The van der Waals surface area contributed by atoms with E-state index in [0.29, 0.717) is 11.7 Å². The van der Waals surface area contributed by atoms with Crippen LogP contribution in [-0.4, -0.2) is 28.0 Å². The lowest BCUT2D eigenvalue weighted by atomic mass is 10.2. The molecule has 0 saturated carbocycles. The van der Waals surface area contributed by atoms with Gasteiger partial charge in [-0.1, -0.05) is 18.2 Å². The highest BCUT2D eigenvalue weighted by Crippen LogP contribution is 2.23. The second-order valence-corrected chi connectivity index (χ2v) is 4.56. The number of benzene rings is 1. The summed E-state index contributed by atoms with van der Waals surface area (Å²) in [5.74, 6) is 1.24. The van der Waals surface area contributed by atoms with Crippen LogP contribution in [-0.2, 0) is 0 Å². The predicted octanol–water partition coefficient (Wildman–Crippen LogP) is 3.47. The molecule has 0 N–H and O–H groups in total. The van der Waals surface area contributed by atoms with Gasteiger partial charge in [0.05, 0.1) is 0 Å². The van der Waals surface area contributed by atoms with Gasteiger partial charge in [-0.25, -0.2) is 0 Å². The summed E-state index contributed by atoms with van der Waals surface area (Å²) < 4.78 is 5.70. The minimum absolute atomic E-state index is 0.130. The van der Waals surface area contributed by atoms with Gasteiger partial charge in [-0.2, -0.15) is 15.0 Å². The Balaban J connectivity index is 2.31. The molecule has 5 nitrogen and oxygen atoms in total. The van der Waals surface area contributed by atoms with Gasteiger partial charge in [0.25, 0.3) is 0 Å². The number of hydrogen-bond donors (Lipinski definition) is 0. The summed E-state index contributed by atoms with van der Waals surface area (Å²) in [6, 6.07) is 7.88. The molecule has 0 spiro atoms. The molecule has 0 aliphatic heterocycles. The normalized spacial score (nSPS) is 10.4. The fourth-order valence-corrected chi connectivity index (χ4v) is 1.93. The number of rotatable bonds is 5. The maximum Gasteiger partial charge on any atom is 0.328 e. The van der Waals surface area contributed by atoms with Crippen LogP contribution in [0.2, 0.25) is 5.28 Å². The van der Waals surface area contributed by atoms with Crippen LogP contribution in [0.4, 0.5) is 5.95 Å². The van der Waals surface area contributed by atoms with E-state index in [1.54, 1.807) is 0 Å². The SMILES string of the molecule is CCN(CC)c1nc(Cl)nc(Oc2ccccc2C)n1. The minimum Gasteiger partial charge on any atom is -0.424 e. The molecule has 106 valence electrons. The molecule has 0 amide bonds. The van der Waals surface area contributed by atoms with Crippen molar-refractivity contribution in [1.82, 2.24) is 15.0 Å². The van der Waals surface area contributed by atoms with Crippen LogP contribution in [0.5, 0.6) is 11.8 Å². The molecule has 6 heteroatoms. The van der Waals surface area contributed by atoms with Crippen molar-refractivity contribution < 1.29 is 4.74 Å². The lowest BCUT2D eigenvalue weighted by molar-refractivity contribution is 0.436. The van der Waals surface area contributed by atoms with Crippen LogP contribution in [0.3, 0.4) is 0 Å². The molecule has 2 aromatic rings. The molecule has 1 aromatic carbocycles. The number of para-hydroxylation sites is 1. The number of halogens is 1. The van der Waals surface area contributed by atoms with Gasteiger partial charge in [-0.3, -0.25) is 0 Å². The zero-order chi connectivity index (χ0) is 14.5. The molecular weight excluding hydrogens is 276 g/mol. The zero-order valence-electron chi connectivity index (χ0n) is 11.8. The summed E-state index contributed by atoms with van der Waals surface area (Å²) in [5, 5.41) is 0.130. The van der Waals surface area contributed by atoms with Gasteiger partial charge >= 0.3 is 6.01 Å². The van der Waals surface area contributed by atoms with Crippen molar-refractivity contribution in [3.8, 4) is 11.8 Å². The molecule has 2 rings (SSSR count). The number of ether oxygens (including phenoxy) is 1. The average molecular weight is 293 g/mol. The summed E-state index contributed by atoms with van der Waals surface area (Å²) >= 11 is 5.95. The molecular formula is C14H17ClN4O. The van der Waals surface area contributed by atoms with Gasteiger partial charge in [0.1, 0.15) is 5.75 Å². The monoisotopic (exact) mass is 292 g/mol. The highest BCUT2D eigenvalue weighted by Gasteiger charge is 2.12. The summed E-state index contributed by atoms with van der Waals surface area (Å²) in [5.41, 5.74) is 1.01. The molecule has 20 heavy (non-hydrogen) atoms. The largest absolute Gasteiger partial charge is 0.424 e. The summed E-state index contributed by atoms with van der Waals surface area (Å²) in [7, 11) is 0. The molecule has 0 aliphatic rings. The van der Waals surface area contributed by atoms with Crippen LogP contribution < -0.4 is 9.64 Å². The van der Waals surface area contributed by atoms with Gasteiger partial charge in [-0.05, 0) is 44.0 Å². The summed E-state index contributed by atoms with van der Waals surface area (Å²) in [6.45, 7) is 7.61. The van der Waals surface area contributed by atoms with E-state index in [1.807, 2.05) is 49.9 Å². The van der Waals surface area contributed by atoms with E-state index in [2.05, 4.69) is 15.0 Å². The third-order valence-corrected chi connectivity index (χ3v) is 3.09. The maximum absolute atomic E-state index is 5.95. The topological polar surface area (TPSA) is 51.1 Å². The Labute approximate surface area is 123 Å². The average Bonchev–Trinajstić information content (AvgIpc) is 2.42. The smallest absolute Gasteiger partial charge is 0.328 e. The predicted molar refractivity (Wildman–Crippen MR) is 79.7 cm³/mol. The van der Waals surface area contributed by atoms with E-state index in [1.165, 1.54) is 0 Å². The van der Waals surface area contributed by atoms with Gasteiger partial charge in [0.15, 0.2) is 0 Å². The molecule has 1 aromatic heterocycles. The standard InChI is InChI=1S/C14H17ClN4O/c1-4-19(5-2)13-16-12(15)17-14(18-13)20-11-9-7-6-8-10(11)3/h6-9H,4-5H2,1-3H3. The minimum atomic E-state index is 0.130. The Morgan fingerprint density at radius 3 is 2.45 bits per heavy atom. The highest BCUT2D eigenvalue weighted by molar-refractivity contribution is 6.28. The first-order chi connectivity index (χ1) is 9.63. The molecule has 0 aliphatic carbocycles. The third kappa shape index (κ3) is 3.36. The lowest BCUT2D eigenvalue weighted by Crippen LogP contribution is -2.24. The van der Waals surface area contributed by atoms with Crippen molar-refractivity contribution in [2.24, 2.45) is 0 Å². The molecule has 0 bridgehead atoms. The van der Waals surface area contributed by atoms with E-state index in [4.69, 9.17) is 16.3 Å². The number of hydrogen-bond acceptors (Lipinski definition) is 5. The number of nitrogens with zero attached hydrogens (tertiary/aromatic N) is 4. The second-order valence-electron chi connectivity index (χ2n) is 4.23. The fourth-order valence-electron chi connectivity index (χ4n) is 1.78. The number of aryl methyl sites for hydroxylation is 1. The highest BCUT2D eigenvalue weighted by atomic mass is 35.5. The van der Waals surface area contributed by atoms with Gasteiger partial charge in [0.2, 0.25) is 11.2 Å². The Morgan fingerprint density at radius 1 is 1.10 bits per heavy atom. The van der Waals surface area contributed by atoms with E-state index in [-0.39, 0.29) is 11.3 Å². The van der Waals surface area contributed by atoms with Crippen LogP contribution in [0.15, 0.2) is 24.3 Å². The molecule has 0 unspecified atom stereocenters. The van der Waals surface area contributed by atoms with Crippen LogP contribution in [0.25, 0.3) is 0 Å². The molecule has 0 fully saturated rings. The first-order valence-electron chi connectivity index (χ1n) is 6.54. The van der Waals surface area contributed by atoms with Gasteiger partial charge in [-0.15, -0.1) is 0 Å². The van der Waals surface area contributed by atoms with Crippen molar-refractivity contribution in [3.05, 3.63) is 35.1 Å². The third-order valence-electron chi connectivity index (χ3n) is 2.92. The van der Waals surface area contributed by atoms with Crippen molar-refractivity contribution in [3.63, 3.8) is 0 Å². The lowest BCUT2D eigenvalue weighted by Gasteiger charge is -2.18. The maximum atomic E-state index is 5.95. The van der Waals surface area contributed by atoms with Crippen LogP contribution in [0, 0.1) is 6.92 Å². The summed E-state index contributed by atoms with van der Waals surface area (Å²) in [4.78, 5) is 14.4. The Bertz CT molecular complexity index is 587. The number of anilines is 1. The quantitative estimate of drug-likeness (QED) is 0.844. The Morgan fingerprint density at radius 2 is 1.80 bits per heavy atom. The molecule has 0 radical (unpaired) electrons. The zero-order valence-corrected chi connectivity index (χ0v) is 12.6. The van der Waals surface area contributed by atoms with Crippen molar-refractivity contribution in [2.75, 3.05) is 18.0 Å². The van der Waals surface area contributed by atoms with Crippen LogP contribution in [0.1, 0.15) is 19.4 Å². The first-order valence-corrected chi connectivity index (χ1v) is 6.91. The first kappa shape index (κ1) is 14.5. The Kier molecular flexibility index (Phi) is 4.74. The molecule has 0 atom stereocenters. The number of aromatic nitrogens is 3. The van der Waals surface area contributed by atoms with E-state index < -0.39 is 0 Å². The fraction of sp³-hybridized carbons (Fsp3) is 0.357.